The molecule has 0 radical (unpaired) electrons. The Morgan fingerprint density at radius 1 is 0.620 bits per heavy atom. The number of nitrogens with zero attached hydrogens (tertiary/aromatic N) is 7. The zero-order valence-corrected chi connectivity index (χ0v) is 52.3. The van der Waals surface area contributed by atoms with Gasteiger partial charge in [-0.1, -0.05) is 43.2 Å². The minimum absolute atomic E-state index is 0.00000960. The quantitative estimate of drug-likeness (QED) is 0.0198. The molecule has 4 aliphatic heterocycles. The predicted molar refractivity (Wildman–Crippen MR) is 338 cm³/mol. The van der Waals surface area contributed by atoms with Crippen LogP contribution in [0, 0.1) is 5.92 Å². The van der Waals surface area contributed by atoms with Crippen LogP contribution >= 0.6 is 11.3 Å². The number of β-amino-alcohol motifs (C(OH)–C–C–N with tert-alkyl or cyclic N) is 1. The van der Waals surface area contributed by atoms with Crippen LogP contribution < -0.4 is 66.7 Å². The average molecular weight is 1300 g/mol. The number of hydrogen-bond acceptors (Lipinski definition) is 17. The summed E-state index contributed by atoms with van der Waals surface area (Å²) in [6.07, 6.45) is 3.42. The maximum atomic E-state index is 15.3. The van der Waals surface area contributed by atoms with Crippen molar-refractivity contribution in [1.82, 2.24) is 46.2 Å². The summed E-state index contributed by atoms with van der Waals surface area (Å²) >= 11 is 1.27. The van der Waals surface area contributed by atoms with Gasteiger partial charge in [0.2, 0.25) is 53.2 Å². The third-order valence-corrected chi connectivity index (χ3v) is 18.3. The van der Waals surface area contributed by atoms with E-state index in [2.05, 4.69) is 41.6 Å². The molecule has 5 aliphatic rings. The second-order valence-corrected chi connectivity index (χ2v) is 25.0. The monoisotopic (exact) mass is 1300 g/mol. The zero-order chi connectivity index (χ0) is 66.8. The number of carbonyl (C=O) groups excluding carboxylic acids is 9. The van der Waals surface area contributed by atoms with Crippen LogP contribution in [0.1, 0.15) is 106 Å². The van der Waals surface area contributed by atoms with Gasteiger partial charge in [-0.3, -0.25) is 58.1 Å². The first-order valence-corrected chi connectivity index (χ1v) is 32.1. The number of benzene rings is 1. The molecule has 0 bridgehead atoms. The van der Waals surface area contributed by atoms with Gasteiger partial charge in [-0.05, 0) is 99.1 Å². The Bertz CT molecular complexity index is 3050. The van der Waals surface area contributed by atoms with Gasteiger partial charge in [0.15, 0.2) is 17.9 Å². The Morgan fingerprint density at radius 2 is 1.25 bits per heavy atom. The van der Waals surface area contributed by atoms with Gasteiger partial charge in [-0.15, -0.1) is 11.3 Å². The fourth-order valence-corrected chi connectivity index (χ4v) is 13.6. The predicted octanol–water partition coefficient (Wildman–Crippen LogP) is -5.02. The van der Waals surface area contributed by atoms with E-state index in [9.17, 15) is 58.5 Å². The number of hydrogen-bond donors (Lipinski definition) is 15. The number of aliphatic hydroxyl groups is 2. The molecule has 2 aromatic rings. The smallest absolute Gasteiger partial charge is 0.326 e. The van der Waals surface area contributed by atoms with E-state index < -0.39 is 139 Å². The molecule has 504 valence electrons. The summed E-state index contributed by atoms with van der Waals surface area (Å²) in [5, 5.41) is 46.8. The number of carbonyl (C=O) groups is 10. The van der Waals surface area contributed by atoms with Crippen molar-refractivity contribution < 1.29 is 63.3 Å². The number of aliphatic imine (C=N–C) groups is 3. The number of nitrogens with two attached hydrogens (primary N) is 7. The van der Waals surface area contributed by atoms with Crippen molar-refractivity contribution in [2.45, 2.75) is 176 Å². The fraction of sp³-hybridized carbons (Fsp3) is 0.610. The van der Waals surface area contributed by atoms with E-state index >= 15 is 4.79 Å². The van der Waals surface area contributed by atoms with Crippen molar-refractivity contribution in [1.29, 1.82) is 0 Å². The summed E-state index contributed by atoms with van der Waals surface area (Å²) in [4.78, 5) is 159. The van der Waals surface area contributed by atoms with Crippen LogP contribution in [0.3, 0.4) is 0 Å². The van der Waals surface area contributed by atoms with E-state index in [0.29, 0.717) is 29.7 Å². The topological polar surface area (TPSA) is 524 Å². The van der Waals surface area contributed by atoms with Gasteiger partial charge in [0, 0.05) is 69.4 Å². The number of aliphatic carboxylic acids is 1. The molecule has 2 unspecified atom stereocenters. The highest BCUT2D eigenvalue weighted by molar-refractivity contribution is 7.09. The summed E-state index contributed by atoms with van der Waals surface area (Å²) in [5.74, 6) is -8.33. The second-order valence-electron chi connectivity index (χ2n) is 23.9. The molecule has 92 heavy (non-hydrogen) atoms. The molecular formula is C59H89N19O13S. The van der Waals surface area contributed by atoms with Crippen molar-refractivity contribution in [3.05, 3.63) is 57.8 Å². The van der Waals surface area contributed by atoms with Crippen LogP contribution in [0.25, 0.3) is 0 Å². The molecule has 1 aliphatic carbocycles. The lowest BCUT2D eigenvalue weighted by Gasteiger charge is -2.42. The molecule has 1 aromatic heterocycles. The maximum Gasteiger partial charge on any atom is 0.326 e. The summed E-state index contributed by atoms with van der Waals surface area (Å²) in [6, 6.07) is -1.07. The lowest BCUT2D eigenvalue weighted by molar-refractivity contribution is -0.153. The van der Waals surface area contributed by atoms with Gasteiger partial charge in [-0.2, -0.15) is 0 Å². The number of nitrogens with one attached hydrogen (secondary N) is 5. The summed E-state index contributed by atoms with van der Waals surface area (Å²) < 4.78 is 0. The first-order valence-electron chi connectivity index (χ1n) is 31.2. The van der Waals surface area contributed by atoms with Crippen molar-refractivity contribution in [3.8, 4) is 0 Å². The first kappa shape index (κ1) is 70.8. The molecule has 12 atom stereocenters. The molecular weight excluding hydrogens is 1210 g/mol. The van der Waals surface area contributed by atoms with Gasteiger partial charge in [0.05, 0.1) is 25.3 Å². The standard InChI is InChI=1S/C59H89N19O13S/c60-37(14-5-19-67-57(61)62)48(82)72-38(15-6-20-68-58(63)64)52(86)75-22-8-18-43(75)54(88)77-30-35(80)26-44(77)50(84)70-28-47(81)71-40(27-36-13-9-23-92-36)49(83)74-41(31-79)53(87)76-29-34-12-2-1-10-32(34)24-46(76)55(89)78-42-17-4-3-11-33(42)25-45(78)51(85)73-39(56(90)91)16-7-21-69-59(65)66/h1-2,9-10,12-13,23,33,35,37-46,79-80H,3-8,11,14-22,24-31,60H2,(H,70,84)(H,71,81)(H,72,82)(H,73,85)(H,74,83)(H,90,91)(H4,61,62,67)(H4,63,64,68)(H4,65,66,69)/t33-,35+,37+,38-,39-,40-,41?,42-,43-,44-,45?,46+/m0/s1. The van der Waals surface area contributed by atoms with Crippen LogP contribution in [-0.4, -0.2) is 224 Å². The molecule has 33 heteroatoms. The summed E-state index contributed by atoms with van der Waals surface area (Å²) in [7, 11) is 0. The van der Waals surface area contributed by atoms with Crippen LogP contribution in [-0.2, 0) is 67.3 Å². The molecule has 7 rings (SSSR count). The number of guanidine groups is 3. The van der Waals surface area contributed by atoms with Gasteiger partial charge >= 0.3 is 5.97 Å². The zero-order valence-electron chi connectivity index (χ0n) is 51.4. The number of amides is 9. The van der Waals surface area contributed by atoms with E-state index in [1.165, 1.54) is 26.0 Å². The van der Waals surface area contributed by atoms with E-state index in [4.69, 9.17) is 40.1 Å². The van der Waals surface area contributed by atoms with E-state index in [-0.39, 0.29) is 127 Å². The Hall–Kier alpha value is -8.69. The van der Waals surface area contributed by atoms with Crippen LogP contribution in [0.2, 0.25) is 0 Å². The molecule has 0 spiro atoms. The third kappa shape index (κ3) is 19.0. The van der Waals surface area contributed by atoms with Crippen LogP contribution in [0.15, 0.2) is 56.8 Å². The molecule has 1 saturated carbocycles. The normalized spacial score (nSPS) is 22.4. The Balaban J connectivity index is 1.02. The van der Waals surface area contributed by atoms with Crippen molar-refractivity contribution >= 4 is 88.3 Å². The van der Waals surface area contributed by atoms with Crippen molar-refractivity contribution in [2.24, 2.45) is 61.0 Å². The fourth-order valence-electron chi connectivity index (χ4n) is 12.9. The van der Waals surface area contributed by atoms with Crippen LogP contribution in [0.5, 0.6) is 0 Å². The van der Waals surface area contributed by atoms with E-state index in [1.54, 1.807) is 35.7 Å². The second kappa shape index (κ2) is 33.6. The van der Waals surface area contributed by atoms with E-state index in [0.717, 1.165) is 29.7 Å². The summed E-state index contributed by atoms with van der Waals surface area (Å²) in [6.45, 7) is -1.46. The Morgan fingerprint density at radius 3 is 1.89 bits per heavy atom. The number of aliphatic hydroxyl groups excluding tert-OH is 2. The first-order chi connectivity index (χ1) is 43.9. The summed E-state index contributed by atoms with van der Waals surface area (Å²) in [5.41, 5.74) is 40.3. The Labute approximate surface area is 536 Å². The number of likely N-dealkylation sites (tertiary alicyclic amines) is 3. The molecule has 32 nitrogen and oxygen atoms in total. The lowest BCUT2D eigenvalue weighted by Crippen LogP contribution is -2.63. The van der Waals surface area contributed by atoms with Gasteiger partial charge < -0.3 is 102 Å². The van der Waals surface area contributed by atoms with Crippen molar-refractivity contribution in [3.63, 3.8) is 0 Å². The van der Waals surface area contributed by atoms with Gasteiger partial charge in [-0.25, -0.2) is 4.79 Å². The largest absolute Gasteiger partial charge is 0.480 e. The molecule has 1 aromatic carbocycles. The number of rotatable bonds is 30. The minimum atomic E-state index is -1.66. The van der Waals surface area contributed by atoms with Crippen molar-refractivity contribution in [2.75, 3.05) is 45.9 Å². The average Bonchev–Trinajstić information content (AvgIpc) is 1.48. The molecule has 3 saturated heterocycles. The highest BCUT2D eigenvalue weighted by Gasteiger charge is 2.52. The Kier molecular flexibility index (Phi) is 25.8. The highest BCUT2D eigenvalue weighted by Crippen LogP contribution is 2.41. The molecule has 5 heterocycles. The van der Waals surface area contributed by atoms with Gasteiger partial charge in [0.25, 0.3) is 0 Å². The lowest BCUT2D eigenvalue weighted by atomic mass is 9.84. The van der Waals surface area contributed by atoms with E-state index in [1.807, 2.05) is 6.07 Å². The molecule has 22 N–H and O–H groups in total. The molecule has 9 amide bonds. The maximum absolute atomic E-state index is 15.3. The molecule has 4 fully saturated rings. The third-order valence-electron chi connectivity index (χ3n) is 17.4. The number of carboxylic acid groups (broad SMARTS) is 1. The number of carboxylic acids is 1. The number of fused-ring (bicyclic) bond motifs is 2. The SMILES string of the molecule is NC(N)=NCCC[C@@H](N)C(=O)N[C@@H](CCCN=C(N)N)C(=O)N1CCC[C@H]1C(=O)N1C[C@H](O)C[C@H]1C(=O)NCC(=O)N[C@@H](Cc1cccs1)C(=O)NC(CO)C(=O)N1Cc2ccccc2C[C@@H]1C(=O)N1C(C(=O)N[C@@H](CCCN=C(N)N)C(=O)O)C[C@@H]2CCCC[C@@H]21. The minimum Gasteiger partial charge on any atom is -0.480 e. The van der Waals surface area contributed by atoms with Gasteiger partial charge in [0.1, 0.15) is 48.3 Å². The van der Waals surface area contributed by atoms with Crippen LogP contribution in [0.4, 0.5) is 0 Å². The highest BCUT2D eigenvalue weighted by atomic mass is 32.1. The number of thiophene rings is 1.